The number of hydrogen-bond acceptors (Lipinski definition) is 5. The molecule has 0 atom stereocenters. The molecule has 2 aromatic rings. The van der Waals surface area contributed by atoms with Gasteiger partial charge in [0, 0.05) is 19.0 Å². The lowest BCUT2D eigenvalue weighted by atomic mass is 10.1. The van der Waals surface area contributed by atoms with Crippen molar-refractivity contribution in [3.05, 3.63) is 41.6 Å². The van der Waals surface area contributed by atoms with Gasteiger partial charge in [0.25, 0.3) is 0 Å². The quantitative estimate of drug-likeness (QED) is 0.835. The Morgan fingerprint density at radius 2 is 2.15 bits per heavy atom. The van der Waals surface area contributed by atoms with Gasteiger partial charge in [0.15, 0.2) is 0 Å². The minimum absolute atomic E-state index is 0.639. The highest BCUT2D eigenvalue weighted by Crippen LogP contribution is 2.18. The second-order valence-electron chi connectivity index (χ2n) is 5.10. The van der Waals surface area contributed by atoms with Crippen LogP contribution < -0.4 is 10.1 Å². The van der Waals surface area contributed by atoms with Crippen LogP contribution in [0.15, 0.2) is 28.7 Å². The van der Waals surface area contributed by atoms with Crippen LogP contribution in [0, 0.1) is 0 Å². The average molecular weight is 273 g/mol. The van der Waals surface area contributed by atoms with E-state index >= 15 is 0 Å². The molecule has 3 rings (SSSR count). The fraction of sp³-hybridized carbons (Fsp3) is 0.467. The Labute approximate surface area is 118 Å². The molecule has 1 aromatic heterocycles. The smallest absolute Gasteiger partial charge is 0.220 e. The molecule has 0 bridgehead atoms. The minimum Gasteiger partial charge on any atom is -0.497 e. The Bertz CT molecular complexity index is 564. The summed E-state index contributed by atoms with van der Waals surface area (Å²) in [5, 5.41) is 11.6. The predicted octanol–water partition coefficient (Wildman–Crippen LogP) is 1.96. The van der Waals surface area contributed by atoms with E-state index in [1.807, 2.05) is 24.3 Å². The van der Waals surface area contributed by atoms with Crippen LogP contribution in [0.2, 0.25) is 0 Å². The Morgan fingerprint density at radius 3 is 2.95 bits per heavy atom. The second kappa shape index (κ2) is 6.05. The summed E-state index contributed by atoms with van der Waals surface area (Å²) in [4.78, 5) is 0. The third-order valence-electron chi connectivity index (χ3n) is 3.35. The molecular formula is C15H19N3O2. The number of hydrogen-bond donors (Lipinski definition) is 1. The lowest BCUT2D eigenvalue weighted by Crippen LogP contribution is -2.19. The lowest BCUT2D eigenvalue weighted by Gasteiger charge is -2.01. The molecule has 1 N–H and O–H groups in total. The summed E-state index contributed by atoms with van der Waals surface area (Å²) in [7, 11) is 1.66. The summed E-state index contributed by atoms with van der Waals surface area (Å²) < 4.78 is 10.9. The van der Waals surface area contributed by atoms with Crippen molar-refractivity contribution in [2.24, 2.45) is 0 Å². The Balaban J connectivity index is 1.55. The van der Waals surface area contributed by atoms with Gasteiger partial charge in [0.2, 0.25) is 11.8 Å². The zero-order valence-electron chi connectivity index (χ0n) is 11.6. The fourth-order valence-electron chi connectivity index (χ4n) is 2.09. The van der Waals surface area contributed by atoms with E-state index in [4.69, 9.17) is 9.15 Å². The monoisotopic (exact) mass is 273 g/mol. The van der Waals surface area contributed by atoms with E-state index in [9.17, 15) is 0 Å². The van der Waals surface area contributed by atoms with Gasteiger partial charge in [0.05, 0.1) is 13.5 Å². The van der Waals surface area contributed by atoms with Gasteiger partial charge < -0.3 is 14.5 Å². The van der Waals surface area contributed by atoms with Crippen molar-refractivity contribution in [2.45, 2.75) is 31.7 Å². The molecule has 5 nitrogen and oxygen atoms in total. The van der Waals surface area contributed by atoms with Crippen LogP contribution in [0.5, 0.6) is 5.75 Å². The molecule has 20 heavy (non-hydrogen) atoms. The van der Waals surface area contributed by atoms with Crippen molar-refractivity contribution in [3.8, 4) is 5.75 Å². The van der Waals surface area contributed by atoms with Crippen molar-refractivity contribution in [3.63, 3.8) is 0 Å². The fourth-order valence-corrected chi connectivity index (χ4v) is 2.09. The number of methoxy groups -OCH3 is 1. The molecule has 0 unspecified atom stereocenters. The molecule has 5 heteroatoms. The highest BCUT2D eigenvalue weighted by atomic mass is 16.5. The van der Waals surface area contributed by atoms with Crippen LogP contribution in [0.4, 0.5) is 0 Å². The van der Waals surface area contributed by atoms with Crippen LogP contribution in [0.25, 0.3) is 0 Å². The van der Waals surface area contributed by atoms with E-state index in [2.05, 4.69) is 15.5 Å². The first kappa shape index (κ1) is 13.1. The molecular weight excluding hydrogens is 254 g/mol. The summed E-state index contributed by atoms with van der Waals surface area (Å²) in [6, 6.07) is 8.62. The number of nitrogens with zero attached hydrogens (tertiary/aromatic N) is 2. The van der Waals surface area contributed by atoms with Crippen molar-refractivity contribution < 1.29 is 9.15 Å². The number of nitrogens with one attached hydrogen (secondary N) is 1. The molecule has 0 radical (unpaired) electrons. The van der Waals surface area contributed by atoms with Gasteiger partial charge in [-0.25, -0.2) is 0 Å². The van der Waals surface area contributed by atoms with E-state index in [0.717, 1.165) is 24.3 Å². The maximum absolute atomic E-state index is 5.66. The zero-order valence-corrected chi connectivity index (χ0v) is 11.6. The molecule has 0 saturated heterocycles. The summed E-state index contributed by atoms with van der Waals surface area (Å²) in [5.41, 5.74) is 1.11. The number of rotatable bonds is 7. The van der Waals surface area contributed by atoms with Gasteiger partial charge in [-0.15, -0.1) is 10.2 Å². The molecule has 1 fully saturated rings. The molecule has 0 spiro atoms. The first-order chi connectivity index (χ1) is 9.83. The molecule has 1 aromatic carbocycles. The number of benzene rings is 1. The molecule has 1 aliphatic carbocycles. The predicted molar refractivity (Wildman–Crippen MR) is 74.8 cm³/mol. The van der Waals surface area contributed by atoms with E-state index in [1.165, 1.54) is 12.8 Å². The minimum atomic E-state index is 0.639. The maximum Gasteiger partial charge on any atom is 0.220 e. The van der Waals surface area contributed by atoms with Gasteiger partial charge in [-0.05, 0) is 30.5 Å². The third kappa shape index (κ3) is 3.57. The highest BCUT2D eigenvalue weighted by molar-refractivity contribution is 5.29. The Kier molecular flexibility index (Phi) is 3.97. The Hall–Kier alpha value is -1.88. The number of ether oxygens (including phenoxy) is 1. The summed E-state index contributed by atoms with van der Waals surface area (Å²) in [6.45, 7) is 0.908. The van der Waals surface area contributed by atoms with Crippen LogP contribution in [-0.4, -0.2) is 29.9 Å². The highest BCUT2D eigenvalue weighted by Gasteiger charge is 2.20. The van der Waals surface area contributed by atoms with Gasteiger partial charge in [-0.3, -0.25) is 0 Å². The molecule has 0 amide bonds. The van der Waals surface area contributed by atoms with Gasteiger partial charge >= 0.3 is 0 Å². The van der Waals surface area contributed by atoms with Crippen LogP contribution in [-0.2, 0) is 12.8 Å². The van der Waals surface area contributed by atoms with Gasteiger partial charge in [-0.2, -0.15) is 0 Å². The summed E-state index contributed by atoms with van der Waals surface area (Å²) in [6.07, 6.45) is 4.03. The van der Waals surface area contributed by atoms with Crippen LogP contribution in [0.3, 0.4) is 0 Å². The van der Waals surface area contributed by atoms with Crippen molar-refractivity contribution in [1.29, 1.82) is 0 Å². The van der Waals surface area contributed by atoms with Crippen molar-refractivity contribution >= 4 is 0 Å². The van der Waals surface area contributed by atoms with Crippen LogP contribution >= 0.6 is 0 Å². The first-order valence-electron chi connectivity index (χ1n) is 7.01. The van der Waals surface area contributed by atoms with E-state index in [0.29, 0.717) is 24.2 Å². The average Bonchev–Trinajstić information content (AvgIpc) is 3.19. The van der Waals surface area contributed by atoms with Gasteiger partial charge in [-0.1, -0.05) is 12.1 Å². The SMILES string of the molecule is COc1cccc(Cc2nnc(CCNC3CC3)o2)c1. The number of aromatic nitrogens is 2. The first-order valence-corrected chi connectivity index (χ1v) is 7.01. The zero-order chi connectivity index (χ0) is 13.8. The second-order valence-corrected chi connectivity index (χ2v) is 5.10. The molecule has 1 heterocycles. The van der Waals surface area contributed by atoms with Crippen molar-refractivity contribution in [1.82, 2.24) is 15.5 Å². The van der Waals surface area contributed by atoms with E-state index < -0.39 is 0 Å². The van der Waals surface area contributed by atoms with Crippen molar-refractivity contribution in [2.75, 3.05) is 13.7 Å². The normalized spacial score (nSPS) is 14.4. The molecule has 1 aliphatic rings. The van der Waals surface area contributed by atoms with E-state index in [-0.39, 0.29) is 0 Å². The summed E-state index contributed by atoms with van der Waals surface area (Å²) >= 11 is 0. The standard InChI is InChI=1S/C15H19N3O2/c1-19-13-4-2-3-11(9-13)10-15-18-17-14(20-15)7-8-16-12-5-6-12/h2-4,9,12,16H,5-8,10H2,1H3. The Morgan fingerprint density at radius 1 is 1.30 bits per heavy atom. The maximum atomic E-state index is 5.66. The largest absolute Gasteiger partial charge is 0.497 e. The summed E-state index contributed by atoms with van der Waals surface area (Å²) in [5.74, 6) is 2.20. The third-order valence-corrected chi connectivity index (χ3v) is 3.35. The molecule has 106 valence electrons. The lowest BCUT2D eigenvalue weighted by molar-refractivity contribution is 0.414. The van der Waals surface area contributed by atoms with Crippen LogP contribution in [0.1, 0.15) is 30.2 Å². The van der Waals surface area contributed by atoms with Gasteiger partial charge in [0.1, 0.15) is 5.75 Å². The topological polar surface area (TPSA) is 60.2 Å². The molecule has 0 aliphatic heterocycles. The molecule has 1 saturated carbocycles. The van der Waals surface area contributed by atoms with E-state index in [1.54, 1.807) is 7.11 Å².